The fraction of sp³-hybridized carbons (Fsp3) is 0.294. The molecular weight excluding hydrogens is 422 g/mol. The van der Waals surface area contributed by atoms with Gasteiger partial charge in [0.05, 0.1) is 0 Å². The van der Waals surface area contributed by atoms with Crippen LogP contribution in [0.4, 0.5) is 11.4 Å². The lowest BCUT2D eigenvalue weighted by Crippen LogP contribution is -1.91. The maximum Gasteiger partial charge on any atom is 0.0384 e. The normalized spacial score (nSPS) is 10.9. The van der Waals surface area contributed by atoms with Crippen LogP contribution in [0.2, 0.25) is 0 Å². The predicted octanol–water partition coefficient (Wildman–Crippen LogP) is 10.2. The molecule has 4 aromatic rings. The molecular formula is C34H39N. The first-order valence-corrected chi connectivity index (χ1v) is 13.4. The third kappa shape index (κ3) is 7.33. The van der Waals surface area contributed by atoms with Crippen molar-refractivity contribution in [2.75, 3.05) is 5.32 Å². The van der Waals surface area contributed by atoms with Gasteiger partial charge < -0.3 is 5.32 Å². The number of anilines is 2. The van der Waals surface area contributed by atoms with E-state index in [1.807, 2.05) is 0 Å². The van der Waals surface area contributed by atoms with Crippen molar-refractivity contribution in [1.29, 1.82) is 0 Å². The van der Waals surface area contributed by atoms with Gasteiger partial charge >= 0.3 is 0 Å². The van der Waals surface area contributed by atoms with Crippen LogP contribution >= 0.6 is 0 Å². The van der Waals surface area contributed by atoms with Gasteiger partial charge in [-0.3, -0.25) is 0 Å². The smallest absolute Gasteiger partial charge is 0.0384 e. The van der Waals surface area contributed by atoms with Crippen LogP contribution in [0.1, 0.15) is 63.5 Å². The van der Waals surface area contributed by atoms with Gasteiger partial charge in [0.15, 0.2) is 0 Å². The zero-order valence-corrected chi connectivity index (χ0v) is 21.4. The molecule has 0 radical (unpaired) electrons. The van der Waals surface area contributed by atoms with E-state index in [4.69, 9.17) is 0 Å². The van der Waals surface area contributed by atoms with Gasteiger partial charge in [-0.1, -0.05) is 112 Å². The molecule has 0 aliphatic carbocycles. The van der Waals surface area contributed by atoms with Crippen molar-refractivity contribution < 1.29 is 0 Å². The van der Waals surface area contributed by atoms with Crippen molar-refractivity contribution in [1.82, 2.24) is 0 Å². The largest absolute Gasteiger partial charge is 0.356 e. The first-order chi connectivity index (χ1) is 17.2. The SMILES string of the molecule is CCCCCc1ccc(-c2ccc(Nc3ccc(-c4ccc(CCCCC)cc4)cc3)cc2)cc1. The van der Waals surface area contributed by atoms with Crippen LogP contribution in [0.15, 0.2) is 97.1 Å². The molecule has 4 aromatic carbocycles. The molecule has 4 rings (SSSR count). The quantitative estimate of drug-likeness (QED) is 0.207. The topological polar surface area (TPSA) is 12.0 Å². The Morgan fingerprint density at radius 3 is 1.03 bits per heavy atom. The highest BCUT2D eigenvalue weighted by Crippen LogP contribution is 2.26. The van der Waals surface area contributed by atoms with Crippen LogP contribution in [-0.2, 0) is 12.8 Å². The highest BCUT2D eigenvalue weighted by atomic mass is 14.9. The summed E-state index contributed by atoms with van der Waals surface area (Å²) in [5.74, 6) is 0. The van der Waals surface area contributed by atoms with Gasteiger partial charge in [-0.15, -0.1) is 0 Å². The minimum Gasteiger partial charge on any atom is -0.356 e. The molecule has 0 aliphatic rings. The number of hydrogen-bond donors (Lipinski definition) is 1. The Morgan fingerprint density at radius 2 is 0.714 bits per heavy atom. The molecule has 0 fully saturated rings. The van der Waals surface area contributed by atoms with E-state index in [1.54, 1.807) is 0 Å². The van der Waals surface area contributed by atoms with E-state index >= 15 is 0 Å². The van der Waals surface area contributed by atoms with Gasteiger partial charge in [0.1, 0.15) is 0 Å². The predicted molar refractivity (Wildman–Crippen MR) is 153 cm³/mol. The second-order valence-corrected chi connectivity index (χ2v) is 9.59. The Morgan fingerprint density at radius 1 is 0.400 bits per heavy atom. The van der Waals surface area contributed by atoms with Crippen LogP contribution in [0, 0.1) is 0 Å². The Kier molecular flexibility index (Phi) is 9.17. The van der Waals surface area contributed by atoms with Crippen LogP contribution in [0.5, 0.6) is 0 Å². The number of hydrogen-bond acceptors (Lipinski definition) is 1. The van der Waals surface area contributed by atoms with Crippen LogP contribution in [0.3, 0.4) is 0 Å². The van der Waals surface area contributed by atoms with E-state index in [0.717, 1.165) is 11.4 Å². The zero-order valence-electron chi connectivity index (χ0n) is 21.4. The molecule has 0 aromatic heterocycles. The van der Waals surface area contributed by atoms with Crippen LogP contribution in [-0.4, -0.2) is 0 Å². The number of unbranched alkanes of at least 4 members (excludes halogenated alkanes) is 4. The molecule has 1 heteroatoms. The van der Waals surface area contributed by atoms with Crippen molar-refractivity contribution in [3.63, 3.8) is 0 Å². The number of rotatable bonds is 12. The van der Waals surface area contributed by atoms with Gasteiger partial charge in [0.25, 0.3) is 0 Å². The number of benzene rings is 4. The average molecular weight is 462 g/mol. The second kappa shape index (κ2) is 13.0. The van der Waals surface area contributed by atoms with Crippen molar-refractivity contribution >= 4 is 11.4 Å². The van der Waals surface area contributed by atoms with Gasteiger partial charge in [-0.05, 0) is 83.3 Å². The summed E-state index contributed by atoms with van der Waals surface area (Å²) in [5, 5.41) is 3.54. The van der Waals surface area contributed by atoms with Gasteiger partial charge in [-0.2, -0.15) is 0 Å². The minimum absolute atomic E-state index is 1.11. The standard InChI is InChI=1S/C34H39N/c1-3-5-7-9-27-11-15-29(16-12-27)31-19-23-33(24-20-31)35-34-25-21-32(22-26-34)30-17-13-28(14-18-30)10-8-6-4-2/h11-26,35H,3-10H2,1-2H3. The van der Waals surface area contributed by atoms with Crippen LogP contribution < -0.4 is 5.32 Å². The third-order valence-electron chi connectivity index (χ3n) is 6.77. The lowest BCUT2D eigenvalue weighted by Gasteiger charge is -2.10. The minimum atomic E-state index is 1.11. The van der Waals surface area contributed by atoms with E-state index in [0.29, 0.717) is 0 Å². The molecule has 1 nitrogen and oxygen atoms in total. The molecule has 0 spiro atoms. The summed E-state index contributed by atoms with van der Waals surface area (Å²) in [7, 11) is 0. The summed E-state index contributed by atoms with van der Waals surface area (Å²) in [4.78, 5) is 0. The summed E-state index contributed by atoms with van der Waals surface area (Å²) < 4.78 is 0. The number of aryl methyl sites for hydroxylation is 2. The Labute approximate surface area is 212 Å². The van der Waals surface area contributed by atoms with E-state index in [2.05, 4.69) is 116 Å². The van der Waals surface area contributed by atoms with Gasteiger partial charge in [-0.25, -0.2) is 0 Å². The molecule has 0 aliphatic heterocycles. The van der Waals surface area contributed by atoms with Crippen molar-refractivity contribution in [3.8, 4) is 22.3 Å². The van der Waals surface area contributed by atoms with Crippen molar-refractivity contribution in [2.24, 2.45) is 0 Å². The van der Waals surface area contributed by atoms with E-state index < -0.39 is 0 Å². The van der Waals surface area contributed by atoms with Gasteiger partial charge in [0.2, 0.25) is 0 Å². The van der Waals surface area contributed by atoms with Crippen molar-refractivity contribution in [2.45, 2.75) is 65.2 Å². The summed E-state index contributed by atoms with van der Waals surface area (Å²) in [5.41, 5.74) is 10.1. The first kappa shape index (κ1) is 24.8. The summed E-state index contributed by atoms with van der Waals surface area (Å²) in [6, 6.07) is 35.6. The Hall–Kier alpha value is -3.32. The molecule has 0 heterocycles. The van der Waals surface area contributed by atoms with E-state index in [-0.39, 0.29) is 0 Å². The fourth-order valence-corrected chi connectivity index (χ4v) is 4.54. The van der Waals surface area contributed by atoms with E-state index in [1.165, 1.54) is 84.7 Å². The average Bonchev–Trinajstić information content (AvgIpc) is 2.91. The van der Waals surface area contributed by atoms with Crippen molar-refractivity contribution in [3.05, 3.63) is 108 Å². The summed E-state index contributed by atoms with van der Waals surface area (Å²) in [6.45, 7) is 4.51. The molecule has 0 atom stereocenters. The van der Waals surface area contributed by atoms with Crippen LogP contribution in [0.25, 0.3) is 22.3 Å². The highest BCUT2D eigenvalue weighted by molar-refractivity contribution is 5.71. The zero-order chi connectivity index (χ0) is 24.3. The first-order valence-electron chi connectivity index (χ1n) is 13.4. The summed E-state index contributed by atoms with van der Waals surface area (Å²) >= 11 is 0. The highest BCUT2D eigenvalue weighted by Gasteiger charge is 2.02. The lowest BCUT2D eigenvalue weighted by atomic mass is 10.0. The maximum atomic E-state index is 3.54. The molecule has 0 saturated heterocycles. The Balaban J connectivity index is 1.33. The maximum absolute atomic E-state index is 3.54. The molecule has 0 unspecified atom stereocenters. The molecule has 1 N–H and O–H groups in total. The van der Waals surface area contributed by atoms with E-state index in [9.17, 15) is 0 Å². The molecule has 0 saturated carbocycles. The molecule has 35 heavy (non-hydrogen) atoms. The monoisotopic (exact) mass is 461 g/mol. The molecule has 0 bridgehead atoms. The molecule has 180 valence electrons. The molecule has 0 amide bonds. The Bertz CT molecular complexity index is 1040. The lowest BCUT2D eigenvalue weighted by molar-refractivity contribution is 0.717. The second-order valence-electron chi connectivity index (χ2n) is 9.59. The fourth-order valence-electron chi connectivity index (χ4n) is 4.54. The van der Waals surface area contributed by atoms with Gasteiger partial charge in [0, 0.05) is 11.4 Å². The number of nitrogens with one attached hydrogen (secondary N) is 1. The summed E-state index contributed by atoms with van der Waals surface area (Å²) in [6.07, 6.45) is 10.1. The third-order valence-corrected chi connectivity index (χ3v) is 6.77.